The second-order valence-electron chi connectivity index (χ2n) is 10.7. The summed E-state index contributed by atoms with van der Waals surface area (Å²) >= 11 is 0. The van der Waals surface area contributed by atoms with Gasteiger partial charge in [-0.15, -0.1) is 0 Å². The third-order valence-electron chi connectivity index (χ3n) is 5.39. The SMILES string of the molecule is CC(C)(C)CNCC(=O)N1CC(=O)N(C2CCC2)c2ccc(C(=O)OC(C)(C)C)cc21. The molecule has 7 heteroatoms. The van der Waals surface area contributed by atoms with Gasteiger partial charge in [0, 0.05) is 12.6 Å². The van der Waals surface area contributed by atoms with Gasteiger partial charge in [-0.2, -0.15) is 0 Å². The largest absolute Gasteiger partial charge is 0.456 e. The van der Waals surface area contributed by atoms with E-state index in [1.165, 1.54) is 4.90 Å². The van der Waals surface area contributed by atoms with Gasteiger partial charge < -0.3 is 15.0 Å². The summed E-state index contributed by atoms with van der Waals surface area (Å²) in [6, 6.07) is 5.29. The maximum Gasteiger partial charge on any atom is 0.338 e. The minimum atomic E-state index is -0.618. The number of amides is 2. The van der Waals surface area contributed by atoms with E-state index in [0.29, 0.717) is 23.5 Å². The molecule has 3 rings (SSSR count). The van der Waals surface area contributed by atoms with E-state index < -0.39 is 11.6 Å². The molecular weight excluding hydrogens is 394 g/mol. The predicted octanol–water partition coefficient (Wildman–Crippen LogP) is 3.51. The van der Waals surface area contributed by atoms with Crippen LogP contribution in [0, 0.1) is 5.41 Å². The average molecular weight is 430 g/mol. The zero-order chi connectivity index (χ0) is 23.0. The highest BCUT2D eigenvalue weighted by molar-refractivity contribution is 6.12. The number of fused-ring (bicyclic) bond motifs is 1. The maximum absolute atomic E-state index is 13.0. The number of rotatable bonds is 5. The van der Waals surface area contributed by atoms with Crippen LogP contribution < -0.4 is 15.1 Å². The first-order valence-electron chi connectivity index (χ1n) is 11.1. The van der Waals surface area contributed by atoms with E-state index in [1.807, 2.05) is 25.7 Å². The van der Waals surface area contributed by atoms with Crippen molar-refractivity contribution in [3.8, 4) is 0 Å². The number of hydrogen-bond donors (Lipinski definition) is 1. The third kappa shape index (κ3) is 5.64. The van der Waals surface area contributed by atoms with E-state index in [9.17, 15) is 14.4 Å². The summed E-state index contributed by atoms with van der Waals surface area (Å²) in [6.07, 6.45) is 3.01. The second-order valence-corrected chi connectivity index (χ2v) is 10.7. The number of carbonyl (C=O) groups is 3. The van der Waals surface area contributed by atoms with Crippen LogP contribution in [-0.4, -0.2) is 49.1 Å². The molecule has 1 aromatic carbocycles. The molecule has 1 N–H and O–H groups in total. The number of hydrogen-bond acceptors (Lipinski definition) is 5. The number of benzene rings is 1. The Hall–Kier alpha value is -2.41. The molecule has 1 fully saturated rings. The van der Waals surface area contributed by atoms with Crippen molar-refractivity contribution in [2.45, 2.75) is 72.4 Å². The predicted molar refractivity (Wildman–Crippen MR) is 121 cm³/mol. The molecule has 0 bridgehead atoms. The van der Waals surface area contributed by atoms with E-state index in [0.717, 1.165) is 19.3 Å². The van der Waals surface area contributed by atoms with Gasteiger partial charge in [-0.3, -0.25) is 14.5 Å². The first-order valence-corrected chi connectivity index (χ1v) is 11.1. The Labute approximate surface area is 185 Å². The zero-order valence-electron chi connectivity index (χ0n) is 19.6. The smallest absolute Gasteiger partial charge is 0.338 e. The summed E-state index contributed by atoms with van der Waals surface area (Å²) in [7, 11) is 0. The molecule has 7 nitrogen and oxygen atoms in total. The normalized spacial score (nSPS) is 17.3. The molecular formula is C24H35N3O4. The quantitative estimate of drug-likeness (QED) is 0.725. The Morgan fingerprint density at radius 2 is 1.77 bits per heavy atom. The van der Waals surface area contributed by atoms with Crippen molar-refractivity contribution in [3.05, 3.63) is 23.8 Å². The number of ether oxygens (including phenoxy) is 1. The summed E-state index contributed by atoms with van der Waals surface area (Å²) in [5, 5.41) is 3.19. The van der Waals surface area contributed by atoms with Gasteiger partial charge in [-0.25, -0.2) is 4.79 Å². The van der Waals surface area contributed by atoms with E-state index in [2.05, 4.69) is 26.1 Å². The van der Waals surface area contributed by atoms with Crippen LogP contribution in [-0.2, 0) is 14.3 Å². The summed E-state index contributed by atoms with van der Waals surface area (Å²) < 4.78 is 5.51. The van der Waals surface area contributed by atoms with Crippen LogP contribution in [0.5, 0.6) is 0 Å². The van der Waals surface area contributed by atoms with Gasteiger partial charge in [0.15, 0.2) is 0 Å². The van der Waals surface area contributed by atoms with Crippen LogP contribution in [0.2, 0.25) is 0 Å². The molecule has 0 spiro atoms. The van der Waals surface area contributed by atoms with Crippen molar-refractivity contribution in [2.75, 3.05) is 29.4 Å². The number of anilines is 2. The summed E-state index contributed by atoms with van der Waals surface area (Å²) in [4.78, 5) is 41.9. The Bertz CT molecular complexity index is 863. The van der Waals surface area contributed by atoms with Crippen LogP contribution in [0.1, 0.15) is 71.2 Å². The van der Waals surface area contributed by atoms with Gasteiger partial charge in [0.05, 0.1) is 23.5 Å². The molecule has 0 aromatic heterocycles. The minimum absolute atomic E-state index is 0.0166. The number of esters is 1. The lowest BCUT2D eigenvalue weighted by Crippen LogP contribution is -2.55. The lowest BCUT2D eigenvalue weighted by atomic mass is 9.90. The van der Waals surface area contributed by atoms with Crippen LogP contribution in [0.25, 0.3) is 0 Å². The van der Waals surface area contributed by atoms with Crippen molar-refractivity contribution >= 4 is 29.2 Å². The van der Waals surface area contributed by atoms with E-state index >= 15 is 0 Å². The van der Waals surface area contributed by atoms with Gasteiger partial charge in [0.25, 0.3) is 0 Å². The molecule has 0 atom stereocenters. The molecule has 170 valence electrons. The summed E-state index contributed by atoms with van der Waals surface area (Å²) in [5.41, 5.74) is 1.08. The van der Waals surface area contributed by atoms with Crippen LogP contribution >= 0.6 is 0 Å². The van der Waals surface area contributed by atoms with Crippen LogP contribution in [0.4, 0.5) is 11.4 Å². The molecule has 0 unspecified atom stereocenters. The first kappa shape index (κ1) is 23.3. The van der Waals surface area contributed by atoms with Gasteiger partial charge in [-0.1, -0.05) is 20.8 Å². The van der Waals surface area contributed by atoms with Gasteiger partial charge in [0.1, 0.15) is 12.1 Å². The van der Waals surface area contributed by atoms with Gasteiger partial charge in [0.2, 0.25) is 11.8 Å². The fourth-order valence-electron chi connectivity index (χ4n) is 3.75. The molecule has 0 radical (unpaired) electrons. The molecule has 1 heterocycles. The Kier molecular flexibility index (Phi) is 6.46. The molecule has 1 saturated carbocycles. The van der Waals surface area contributed by atoms with Gasteiger partial charge >= 0.3 is 5.97 Å². The standard InChI is InChI=1S/C24H35N3O4/c1-23(2,3)15-25-13-20(28)26-14-21(29)27(17-8-7-9-17)18-11-10-16(12-19(18)26)22(30)31-24(4,5)6/h10-12,17,25H,7-9,13-15H2,1-6H3. The average Bonchev–Trinajstić information content (AvgIpc) is 2.59. The highest BCUT2D eigenvalue weighted by Crippen LogP contribution is 2.40. The van der Waals surface area contributed by atoms with Crippen molar-refractivity contribution in [1.29, 1.82) is 0 Å². The third-order valence-corrected chi connectivity index (χ3v) is 5.39. The molecule has 1 aliphatic carbocycles. The number of nitrogens with zero attached hydrogens (tertiary/aromatic N) is 2. The van der Waals surface area contributed by atoms with E-state index in [1.54, 1.807) is 18.2 Å². The fourth-order valence-corrected chi connectivity index (χ4v) is 3.75. The van der Waals surface area contributed by atoms with Crippen molar-refractivity contribution in [2.24, 2.45) is 5.41 Å². The molecule has 0 saturated heterocycles. The molecule has 1 aromatic rings. The number of carbonyl (C=O) groups excluding carboxylic acids is 3. The Balaban J connectivity index is 1.90. The Morgan fingerprint density at radius 1 is 1.10 bits per heavy atom. The fraction of sp³-hybridized carbons (Fsp3) is 0.625. The highest BCUT2D eigenvalue weighted by Gasteiger charge is 2.38. The Morgan fingerprint density at radius 3 is 2.32 bits per heavy atom. The van der Waals surface area contributed by atoms with Crippen molar-refractivity contribution < 1.29 is 19.1 Å². The lowest BCUT2D eigenvalue weighted by Gasteiger charge is -2.43. The highest BCUT2D eigenvalue weighted by atomic mass is 16.6. The zero-order valence-corrected chi connectivity index (χ0v) is 19.6. The summed E-state index contributed by atoms with van der Waals surface area (Å²) in [6.45, 7) is 12.5. The molecule has 2 amide bonds. The minimum Gasteiger partial charge on any atom is -0.456 e. The topological polar surface area (TPSA) is 79.0 Å². The molecule has 31 heavy (non-hydrogen) atoms. The second kappa shape index (κ2) is 8.61. The van der Waals surface area contributed by atoms with Crippen molar-refractivity contribution in [3.63, 3.8) is 0 Å². The lowest BCUT2D eigenvalue weighted by molar-refractivity contribution is -0.123. The summed E-state index contributed by atoms with van der Waals surface area (Å²) in [5.74, 6) is -0.708. The van der Waals surface area contributed by atoms with Crippen molar-refractivity contribution in [1.82, 2.24) is 5.32 Å². The van der Waals surface area contributed by atoms with Crippen LogP contribution in [0.3, 0.4) is 0 Å². The molecule has 2 aliphatic rings. The van der Waals surface area contributed by atoms with Crippen LogP contribution in [0.15, 0.2) is 18.2 Å². The van der Waals surface area contributed by atoms with Gasteiger partial charge in [-0.05, 0) is 63.6 Å². The van der Waals surface area contributed by atoms with E-state index in [4.69, 9.17) is 4.74 Å². The maximum atomic E-state index is 13.0. The van der Waals surface area contributed by atoms with E-state index in [-0.39, 0.29) is 36.4 Å². The number of nitrogens with one attached hydrogen (secondary N) is 1. The molecule has 1 aliphatic heterocycles. The monoisotopic (exact) mass is 429 g/mol. The first-order chi connectivity index (χ1) is 14.4.